The Bertz CT molecular complexity index is 686. The van der Waals surface area contributed by atoms with E-state index in [4.69, 9.17) is 0 Å². The van der Waals surface area contributed by atoms with Gasteiger partial charge in [-0.3, -0.25) is 9.59 Å². The minimum atomic E-state index is -0.333. The standard InChI is InChI=1S/C17H17BrN2O2/c1-12-4-2-5-13(8-12)11-19-16(21)10-17(22)20-15-7-3-6-14(18)9-15/h2-9H,10-11H2,1H3,(H,19,21)(H,20,22). The van der Waals surface area contributed by atoms with Crippen molar-refractivity contribution in [3.63, 3.8) is 0 Å². The quantitative estimate of drug-likeness (QED) is 0.802. The Labute approximate surface area is 138 Å². The molecule has 0 fully saturated rings. The van der Waals surface area contributed by atoms with Crippen molar-refractivity contribution in [3.05, 3.63) is 64.1 Å². The molecule has 4 nitrogen and oxygen atoms in total. The molecule has 0 saturated carbocycles. The molecule has 114 valence electrons. The minimum absolute atomic E-state index is 0.196. The first kappa shape index (κ1) is 16.2. The monoisotopic (exact) mass is 360 g/mol. The van der Waals surface area contributed by atoms with E-state index >= 15 is 0 Å². The molecule has 5 heteroatoms. The smallest absolute Gasteiger partial charge is 0.233 e. The van der Waals surface area contributed by atoms with Crippen molar-refractivity contribution in [1.82, 2.24) is 5.32 Å². The maximum Gasteiger partial charge on any atom is 0.233 e. The average molecular weight is 361 g/mol. The van der Waals surface area contributed by atoms with Crippen LogP contribution in [0.25, 0.3) is 0 Å². The maximum absolute atomic E-state index is 11.8. The lowest BCUT2D eigenvalue weighted by Crippen LogP contribution is -2.27. The molecule has 0 saturated heterocycles. The Morgan fingerprint density at radius 2 is 1.82 bits per heavy atom. The van der Waals surface area contributed by atoms with Crippen LogP contribution in [0.1, 0.15) is 17.5 Å². The Hall–Kier alpha value is -2.14. The molecule has 0 radical (unpaired) electrons. The lowest BCUT2D eigenvalue weighted by atomic mass is 10.1. The molecule has 2 aromatic carbocycles. The van der Waals surface area contributed by atoms with Gasteiger partial charge in [0.05, 0.1) is 0 Å². The van der Waals surface area contributed by atoms with E-state index in [2.05, 4.69) is 26.6 Å². The van der Waals surface area contributed by atoms with E-state index in [0.29, 0.717) is 12.2 Å². The molecule has 0 atom stereocenters. The van der Waals surface area contributed by atoms with Crippen molar-refractivity contribution in [1.29, 1.82) is 0 Å². The van der Waals surface area contributed by atoms with E-state index in [1.54, 1.807) is 12.1 Å². The SMILES string of the molecule is Cc1cccc(CNC(=O)CC(=O)Nc2cccc(Br)c2)c1. The van der Waals surface area contributed by atoms with Gasteiger partial charge in [0, 0.05) is 16.7 Å². The lowest BCUT2D eigenvalue weighted by Gasteiger charge is -2.07. The van der Waals surface area contributed by atoms with Crippen molar-refractivity contribution in [2.24, 2.45) is 0 Å². The highest BCUT2D eigenvalue weighted by atomic mass is 79.9. The minimum Gasteiger partial charge on any atom is -0.352 e. The number of carbonyl (C=O) groups excluding carboxylic acids is 2. The number of anilines is 1. The number of halogens is 1. The first-order valence-electron chi connectivity index (χ1n) is 6.90. The number of hydrogen-bond donors (Lipinski definition) is 2. The van der Waals surface area contributed by atoms with Gasteiger partial charge >= 0.3 is 0 Å². The number of aryl methyl sites for hydroxylation is 1. The fraction of sp³-hybridized carbons (Fsp3) is 0.176. The third-order valence-corrected chi connectivity index (χ3v) is 3.49. The van der Waals surface area contributed by atoms with Crippen LogP contribution in [0.3, 0.4) is 0 Å². The number of carbonyl (C=O) groups is 2. The van der Waals surface area contributed by atoms with E-state index < -0.39 is 0 Å². The second-order valence-corrected chi connectivity index (χ2v) is 5.92. The van der Waals surface area contributed by atoms with E-state index in [1.165, 1.54) is 0 Å². The molecule has 22 heavy (non-hydrogen) atoms. The number of amides is 2. The number of benzene rings is 2. The number of hydrogen-bond acceptors (Lipinski definition) is 2. The second-order valence-electron chi connectivity index (χ2n) is 5.00. The van der Waals surface area contributed by atoms with Crippen LogP contribution in [0.5, 0.6) is 0 Å². The maximum atomic E-state index is 11.8. The van der Waals surface area contributed by atoms with Gasteiger partial charge in [0.1, 0.15) is 6.42 Å². The van der Waals surface area contributed by atoms with Gasteiger partial charge in [-0.1, -0.05) is 51.8 Å². The van der Waals surface area contributed by atoms with Crippen LogP contribution in [0, 0.1) is 6.92 Å². The fourth-order valence-electron chi connectivity index (χ4n) is 2.00. The van der Waals surface area contributed by atoms with Gasteiger partial charge in [-0.25, -0.2) is 0 Å². The zero-order valence-corrected chi connectivity index (χ0v) is 13.8. The van der Waals surface area contributed by atoms with Crippen molar-refractivity contribution in [2.75, 3.05) is 5.32 Å². The van der Waals surface area contributed by atoms with E-state index in [0.717, 1.165) is 15.6 Å². The van der Waals surface area contributed by atoms with Crippen molar-refractivity contribution >= 4 is 33.4 Å². The summed E-state index contributed by atoms with van der Waals surface area (Å²) in [7, 11) is 0. The van der Waals surface area contributed by atoms with Crippen LogP contribution in [-0.2, 0) is 16.1 Å². The Morgan fingerprint density at radius 1 is 1.05 bits per heavy atom. The van der Waals surface area contributed by atoms with Crippen LogP contribution in [0.15, 0.2) is 53.0 Å². The van der Waals surface area contributed by atoms with E-state index in [1.807, 2.05) is 43.3 Å². The third-order valence-electron chi connectivity index (χ3n) is 3.00. The molecule has 2 rings (SSSR count). The molecule has 0 unspecified atom stereocenters. The van der Waals surface area contributed by atoms with Gasteiger partial charge in [0.15, 0.2) is 0 Å². The van der Waals surface area contributed by atoms with Gasteiger partial charge in [-0.15, -0.1) is 0 Å². The Kier molecular flexibility index (Phi) is 5.72. The van der Waals surface area contributed by atoms with Crippen LogP contribution < -0.4 is 10.6 Å². The molecule has 0 spiro atoms. The zero-order valence-electron chi connectivity index (χ0n) is 12.2. The normalized spacial score (nSPS) is 10.1. The van der Waals surface area contributed by atoms with E-state index in [9.17, 15) is 9.59 Å². The molecule has 0 aromatic heterocycles. The predicted molar refractivity (Wildman–Crippen MR) is 90.4 cm³/mol. The average Bonchev–Trinajstić information content (AvgIpc) is 2.45. The molecule has 0 heterocycles. The molecule has 2 amide bonds. The lowest BCUT2D eigenvalue weighted by molar-refractivity contribution is -0.126. The van der Waals surface area contributed by atoms with Gasteiger partial charge in [0.2, 0.25) is 11.8 Å². The largest absolute Gasteiger partial charge is 0.352 e. The number of nitrogens with one attached hydrogen (secondary N) is 2. The molecule has 0 aliphatic rings. The van der Waals surface area contributed by atoms with Gasteiger partial charge in [-0.2, -0.15) is 0 Å². The van der Waals surface area contributed by atoms with Crippen LogP contribution in [-0.4, -0.2) is 11.8 Å². The molecular weight excluding hydrogens is 344 g/mol. The Morgan fingerprint density at radius 3 is 2.55 bits per heavy atom. The van der Waals surface area contributed by atoms with Crippen LogP contribution >= 0.6 is 15.9 Å². The van der Waals surface area contributed by atoms with Crippen LogP contribution in [0.4, 0.5) is 5.69 Å². The summed E-state index contributed by atoms with van der Waals surface area (Å²) < 4.78 is 0.870. The zero-order chi connectivity index (χ0) is 15.9. The van der Waals surface area contributed by atoms with E-state index in [-0.39, 0.29) is 18.2 Å². The van der Waals surface area contributed by atoms with Gasteiger partial charge in [0.25, 0.3) is 0 Å². The van der Waals surface area contributed by atoms with Crippen molar-refractivity contribution < 1.29 is 9.59 Å². The summed E-state index contributed by atoms with van der Waals surface area (Å²) in [6, 6.07) is 15.1. The molecule has 0 aliphatic carbocycles. The molecule has 0 aliphatic heterocycles. The molecular formula is C17H17BrN2O2. The van der Waals surface area contributed by atoms with Crippen molar-refractivity contribution in [2.45, 2.75) is 19.9 Å². The summed E-state index contributed by atoms with van der Waals surface area (Å²) in [4.78, 5) is 23.6. The number of rotatable bonds is 5. The first-order valence-corrected chi connectivity index (χ1v) is 7.70. The van der Waals surface area contributed by atoms with Crippen LogP contribution in [0.2, 0.25) is 0 Å². The highest BCUT2D eigenvalue weighted by Crippen LogP contribution is 2.15. The predicted octanol–water partition coefficient (Wildman–Crippen LogP) is 3.40. The van der Waals surface area contributed by atoms with Gasteiger partial charge in [-0.05, 0) is 30.7 Å². The summed E-state index contributed by atoms with van der Waals surface area (Å²) in [5.41, 5.74) is 2.81. The van der Waals surface area contributed by atoms with Gasteiger partial charge < -0.3 is 10.6 Å². The molecule has 0 bridgehead atoms. The Balaban J connectivity index is 1.80. The second kappa shape index (κ2) is 7.75. The van der Waals surface area contributed by atoms with Crippen molar-refractivity contribution in [3.8, 4) is 0 Å². The summed E-state index contributed by atoms with van der Waals surface area (Å²) in [6.07, 6.45) is -0.196. The third kappa shape index (κ3) is 5.33. The molecule has 2 N–H and O–H groups in total. The summed E-state index contributed by atoms with van der Waals surface area (Å²) >= 11 is 3.33. The highest BCUT2D eigenvalue weighted by Gasteiger charge is 2.09. The summed E-state index contributed by atoms with van der Waals surface area (Å²) in [5, 5.41) is 5.44. The highest BCUT2D eigenvalue weighted by molar-refractivity contribution is 9.10. The fourth-order valence-corrected chi connectivity index (χ4v) is 2.40. The molecule has 2 aromatic rings. The summed E-state index contributed by atoms with van der Waals surface area (Å²) in [6.45, 7) is 2.42. The summed E-state index contributed by atoms with van der Waals surface area (Å²) in [5.74, 6) is -0.631. The first-order chi connectivity index (χ1) is 10.5. The topological polar surface area (TPSA) is 58.2 Å².